The van der Waals surface area contributed by atoms with Crippen LogP contribution >= 0.6 is 23.2 Å². The number of nitrogens with one attached hydrogen (secondary N) is 1. The van der Waals surface area contributed by atoms with Crippen molar-refractivity contribution in [2.24, 2.45) is 5.92 Å². The van der Waals surface area contributed by atoms with Crippen LogP contribution in [0.1, 0.15) is 49.3 Å². The van der Waals surface area contributed by atoms with Crippen molar-refractivity contribution in [1.82, 2.24) is 5.32 Å². The third-order valence-corrected chi connectivity index (χ3v) is 5.96. The number of nitrogens with two attached hydrogens (primary N) is 1. The number of carbonyl (C=O) groups is 3. The SMILES string of the molecule is Nc1c(Cl)cc(C(O)CNCCCCCCC(Cc2ccccc2)C(=O)O)cc1Cl.O=C(O)C(=O)O. The summed E-state index contributed by atoms with van der Waals surface area (Å²) in [6.45, 7) is 1.18. The standard InChI is InChI=1S/C23H30Cl2N2O3.C2H2O4/c24-19-13-18(14-20(25)22(19)26)21(28)15-27-11-7-2-1-6-10-17(23(29)30)12-16-8-4-3-5-9-16;3-1(4)2(5)6/h3-5,8-9,13-14,17,21,27-28H,1-2,6-7,10-12,15,26H2,(H,29,30);(H,3,4)(H,5,6). The second-order valence-electron chi connectivity index (χ2n) is 8.16. The average Bonchev–Trinajstić information content (AvgIpc) is 2.83. The number of benzene rings is 2. The van der Waals surface area contributed by atoms with Gasteiger partial charge >= 0.3 is 17.9 Å². The summed E-state index contributed by atoms with van der Waals surface area (Å²) in [5, 5.41) is 38.4. The monoisotopic (exact) mass is 542 g/mol. The predicted molar refractivity (Wildman–Crippen MR) is 138 cm³/mol. The van der Waals surface area contributed by atoms with Crippen LogP contribution in [0.4, 0.5) is 5.69 Å². The molecular weight excluding hydrogens is 511 g/mol. The van der Waals surface area contributed by atoms with Crippen LogP contribution in [0.5, 0.6) is 0 Å². The number of halogens is 2. The van der Waals surface area contributed by atoms with Crippen molar-refractivity contribution >= 4 is 46.8 Å². The molecule has 0 aliphatic rings. The van der Waals surface area contributed by atoms with Gasteiger partial charge in [-0.3, -0.25) is 4.79 Å². The summed E-state index contributed by atoms with van der Waals surface area (Å²) >= 11 is 12.0. The Morgan fingerprint density at radius 1 is 0.889 bits per heavy atom. The van der Waals surface area contributed by atoms with Gasteiger partial charge in [0.05, 0.1) is 27.8 Å². The molecular formula is C25H32Cl2N2O7. The molecule has 2 aromatic carbocycles. The Morgan fingerprint density at radius 2 is 1.44 bits per heavy atom. The molecule has 2 unspecified atom stereocenters. The number of hydrogen-bond acceptors (Lipinski definition) is 6. The zero-order valence-corrected chi connectivity index (χ0v) is 21.2. The molecule has 0 aliphatic heterocycles. The van der Waals surface area contributed by atoms with Gasteiger partial charge < -0.3 is 31.5 Å². The maximum Gasteiger partial charge on any atom is 0.414 e. The zero-order chi connectivity index (χ0) is 27.1. The van der Waals surface area contributed by atoms with E-state index in [0.717, 1.165) is 37.8 Å². The number of rotatable bonds is 13. The van der Waals surface area contributed by atoms with E-state index in [2.05, 4.69) is 5.32 Å². The minimum atomic E-state index is -1.82. The Kier molecular flexibility index (Phi) is 14.5. The van der Waals surface area contributed by atoms with Gasteiger partial charge in [-0.2, -0.15) is 0 Å². The number of carboxylic acid groups (broad SMARTS) is 3. The van der Waals surface area contributed by atoms with E-state index >= 15 is 0 Å². The van der Waals surface area contributed by atoms with E-state index < -0.39 is 24.0 Å². The highest BCUT2D eigenvalue weighted by Gasteiger charge is 2.17. The van der Waals surface area contributed by atoms with Crippen molar-refractivity contribution in [3.05, 3.63) is 63.6 Å². The average molecular weight is 543 g/mol. The first-order chi connectivity index (χ1) is 17.0. The molecule has 0 heterocycles. The van der Waals surface area contributed by atoms with Crippen LogP contribution in [0, 0.1) is 5.92 Å². The van der Waals surface area contributed by atoms with Gasteiger partial charge in [-0.1, -0.05) is 72.8 Å². The smallest absolute Gasteiger partial charge is 0.414 e. The predicted octanol–water partition coefficient (Wildman–Crippen LogP) is 4.25. The molecule has 0 bridgehead atoms. The number of hydrogen-bond donors (Lipinski definition) is 6. The molecule has 0 fully saturated rings. The summed E-state index contributed by atoms with van der Waals surface area (Å²) in [4.78, 5) is 29.7. The van der Waals surface area contributed by atoms with Crippen LogP contribution in [-0.4, -0.2) is 51.4 Å². The second-order valence-corrected chi connectivity index (χ2v) is 8.97. The van der Waals surface area contributed by atoms with E-state index in [-0.39, 0.29) is 5.92 Å². The lowest BCUT2D eigenvalue weighted by atomic mass is 9.93. The quantitative estimate of drug-likeness (QED) is 0.123. The summed E-state index contributed by atoms with van der Waals surface area (Å²) in [6.07, 6.45) is 4.42. The van der Waals surface area contributed by atoms with Crippen molar-refractivity contribution in [2.45, 2.75) is 44.6 Å². The van der Waals surface area contributed by atoms with Gasteiger partial charge in [0.1, 0.15) is 0 Å². The fourth-order valence-electron chi connectivity index (χ4n) is 3.36. The lowest BCUT2D eigenvalue weighted by Gasteiger charge is -2.14. The second kappa shape index (κ2) is 16.8. The minimum absolute atomic E-state index is 0.316. The fraction of sp³-hybridized carbons (Fsp3) is 0.400. The molecule has 2 rings (SSSR count). The van der Waals surface area contributed by atoms with E-state index in [1.165, 1.54) is 0 Å². The summed E-state index contributed by atoms with van der Waals surface area (Å²) < 4.78 is 0. The van der Waals surface area contributed by atoms with Gasteiger partial charge in [-0.15, -0.1) is 0 Å². The number of unbranched alkanes of at least 4 members (excludes halogenated alkanes) is 3. The summed E-state index contributed by atoms with van der Waals surface area (Å²) in [6, 6.07) is 13.0. The molecule has 2 aromatic rings. The third-order valence-electron chi connectivity index (χ3n) is 5.34. The third kappa shape index (κ3) is 12.2. The molecule has 0 saturated heterocycles. The van der Waals surface area contributed by atoms with Crippen LogP contribution in [0.15, 0.2) is 42.5 Å². The van der Waals surface area contributed by atoms with Gasteiger partial charge in [0.15, 0.2) is 0 Å². The van der Waals surface area contributed by atoms with Crippen LogP contribution < -0.4 is 11.1 Å². The summed E-state index contributed by atoms with van der Waals surface area (Å²) in [5.41, 5.74) is 7.72. The molecule has 9 nitrogen and oxygen atoms in total. The normalized spacial score (nSPS) is 12.2. The Bertz CT molecular complexity index is 955. The van der Waals surface area contributed by atoms with E-state index in [9.17, 15) is 15.0 Å². The topological polar surface area (TPSA) is 170 Å². The van der Waals surface area contributed by atoms with Gasteiger partial charge in [0, 0.05) is 6.54 Å². The number of nitrogen functional groups attached to an aromatic ring is 1. The highest BCUT2D eigenvalue weighted by atomic mass is 35.5. The molecule has 198 valence electrons. The largest absolute Gasteiger partial charge is 0.481 e. The fourth-order valence-corrected chi connectivity index (χ4v) is 3.86. The Labute approximate surface area is 219 Å². The Morgan fingerprint density at radius 3 is 1.97 bits per heavy atom. The number of anilines is 1. The van der Waals surface area contributed by atoms with Gasteiger partial charge in [0.25, 0.3) is 0 Å². The minimum Gasteiger partial charge on any atom is -0.481 e. The van der Waals surface area contributed by atoms with Crippen LogP contribution in [-0.2, 0) is 20.8 Å². The molecule has 0 aliphatic carbocycles. The van der Waals surface area contributed by atoms with E-state index in [4.69, 9.17) is 48.7 Å². The first-order valence-electron chi connectivity index (χ1n) is 11.4. The molecule has 2 atom stereocenters. The number of aliphatic hydroxyl groups excluding tert-OH is 1. The van der Waals surface area contributed by atoms with Gasteiger partial charge in [0.2, 0.25) is 0 Å². The van der Waals surface area contributed by atoms with Gasteiger partial charge in [-0.05, 0) is 49.1 Å². The van der Waals surface area contributed by atoms with Crippen molar-refractivity contribution in [1.29, 1.82) is 0 Å². The van der Waals surface area contributed by atoms with Crippen LogP contribution in [0.3, 0.4) is 0 Å². The highest BCUT2D eigenvalue weighted by molar-refractivity contribution is 6.38. The number of aliphatic carboxylic acids is 3. The maximum atomic E-state index is 11.5. The van der Waals surface area contributed by atoms with E-state index in [1.807, 2.05) is 30.3 Å². The lowest BCUT2D eigenvalue weighted by Crippen LogP contribution is -2.22. The first kappa shape index (κ1) is 31.2. The zero-order valence-electron chi connectivity index (χ0n) is 19.7. The van der Waals surface area contributed by atoms with Crippen molar-refractivity contribution in [2.75, 3.05) is 18.8 Å². The number of carboxylic acids is 3. The lowest BCUT2D eigenvalue weighted by molar-refractivity contribution is -0.159. The van der Waals surface area contributed by atoms with Crippen molar-refractivity contribution in [3.63, 3.8) is 0 Å². The van der Waals surface area contributed by atoms with E-state index in [0.29, 0.717) is 40.7 Å². The van der Waals surface area contributed by atoms with Crippen molar-refractivity contribution in [3.8, 4) is 0 Å². The first-order valence-corrected chi connectivity index (χ1v) is 12.1. The molecule has 36 heavy (non-hydrogen) atoms. The molecule has 0 amide bonds. The molecule has 0 saturated carbocycles. The van der Waals surface area contributed by atoms with Gasteiger partial charge in [-0.25, -0.2) is 9.59 Å². The number of aliphatic hydroxyl groups is 1. The van der Waals surface area contributed by atoms with Crippen molar-refractivity contribution < 1.29 is 34.8 Å². The molecule has 11 heteroatoms. The summed E-state index contributed by atoms with van der Waals surface area (Å²) in [5.74, 6) is -4.71. The Hall–Kier alpha value is -2.85. The molecule has 0 spiro atoms. The molecule has 0 radical (unpaired) electrons. The summed E-state index contributed by atoms with van der Waals surface area (Å²) in [7, 11) is 0. The van der Waals surface area contributed by atoms with Crippen LogP contribution in [0.25, 0.3) is 0 Å². The van der Waals surface area contributed by atoms with Crippen LogP contribution in [0.2, 0.25) is 10.0 Å². The molecule has 7 N–H and O–H groups in total. The highest BCUT2D eigenvalue weighted by Crippen LogP contribution is 2.31. The maximum absolute atomic E-state index is 11.5. The molecule has 0 aromatic heterocycles. The van der Waals surface area contributed by atoms with E-state index in [1.54, 1.807) is 12.1 Å². The Balaban J connectivity index is 0.000000960.